The summed E-state index contributed by atoms with van der Waals surface area (Å²) in [6, 6.07) is 8.22. The normalized spacial score (nSPS) is 16.7. The van der Waals surface area contributed by atoms with E-state index in [0.29, 0.717) is 16.5 Å². The summed E-state index contributed by atoms with van der Waals surface area (Å²) < 4.78 is 9.41. The van der Waals surface area contributed by atoms with Gasteiger partial charge in [0.25, 0.3) is 5.91 Å². The van der Waals surface area contributed by atoms with Crippen molar-refractivity contribution in [1.82, 2.24) is 5.32 Å². The molecule has 0 radical (unpaired) electrons. The molecule has 184 valence electrons. The Morgan fingerprint density at radius 2 is 1.94 bits per heavy atom. The highest BCUT2D eigenvalue weighted by Gasteiger charge is 2.15. The summed E-state index contributed by atoms with van der Waals surface area (Å²) in [6.07, 6.45) is 12.4. The summed E-state index contributed by atoms with van der Waals surface area (Å²) in [5.74, 6) is -1.37. The second-order valence-electron chi connectivity index (χ2n) is 7.69. The van der Waals surface area contributed by atoms with E-state index in [1.165, 1.54) is 17.6 Å². The Kier molecular flexibility index (Phi) is 10.5. The Morgan fingerprint density at radius 3 is 2.63 bits per heavy atom. The average molecular weight is 558 g/mol. The molecule has 0 unspecified atom stereocenters. The standard InChI is InChI=1S/C26H28BrN3O4S/c1-2-20(27)7-8-22(18-25(31)32)28-26(33)19-5-3-4-6-24(17-19)35-29-21-9-11-23(12-10-21)30-13-15-34-16-14-30/h2-4,6-12,17,29H,1,5,13-16,18H2,(H,28,33)(H,31,32)/b20-7+,22-8+. The van der Waals surface area contributed by atoms with Crippen molar-refractivity contribution >= 4 is 51.1 Å². The first-order valence-corrected chi connectivity index (χ1v) is 12.7. The number of carbonyl (C=O) groups is 2. The second-order valence-corrected chi connectivity index (χ2v) is 9.49. The summed E-state index contributed by atoms with van der Waals surface area (Å²) in [4.78, 5) is 27.3. The number of nitrogens with one attached hydrogen (secondary N) is 2. The summed E-state index contributed by atoms with van der Waals surface area (Å²) in [5.41, 5.74) is 2.93. The van der Waals surface area contributed by atoms with Gasteiger partial charge in [0.1, 0.15) is 0 Å². The fraction of sp³-hybridized carbons (Fsp3) is 0.231. The average Bonchev–Trinajstić information content (AvgIpc) is 3.12. The number of carboxylic acids is 1. The van der Waals surface area contributed by atoms with E-state index >= 15 is 0 Å². The third-order valence-electron chi connectivity index (χ3n) is 5.13. The van der Waals surface area contributed by atoms with E-state index in [1.54, 1.807) is 18.2 Å². The van der Waals surface area contributed by atoms with Gasteiger partial charge < -0.3 is 24.8 Å². The zero-order valence-electron chi connectivity index (χ0n) is 19.2. The lowest BCUT2D eigenvalue weighted by Crippen LogP contribution is -2.36. The second kappa shape index (κ2) is 13.8. The van der Waals surface area contributed by atoms with Crippen molar-refractivity contribution in [3.05, 3.63) is 94.0 Å². The van der Waals surface area contributed by atoms with Crippen LogP contribution in [0.25, 0.3) is 0 Å². The van der Waals surface area contributed by atoms with Crippen LogP contribution in [0, 0.1) is 0 Å². The Labute approximate surface area is 218 Å². The number of aliphatic carboxylic acids is 1. The highest BCUT2D eigenvalue weighted by atomic mass is 79.9. The van der Waals surface area contributed by atoms with Gasteiger partial charge in [-0.25, -0.2) is 0 Å². The number of halogens is 1. The predicted octanol–water partition coefficient (Wildman–Crippen LogP) is 5.29. The summed E-state index contributed by atoms with van der Waals surface area (Å²) in [6.45, 7) is 6.91. The molecule has 1 aliphatic heterocycles. The molecule has 1 aromatic rings. The van der Waals surface area contributed by atoms with E-state index in [9.17, 15) is 14.7 Å². The van der Waals surface area contributed by atoms with Crippen molar-refractivity contribution in [2.45, 2.75) is 12.8 Å². The van der Waals surface area contributed by atoms with Gasteiger partial charge in [0.05, 0.1) is 19.6 Å². The summed E-state index contributed by atoms with van der Waals surface area (Å²) in [5, 5.41) is 11.9. The lowest BCUT2D eigenvalue weighted by molar-refractivity contribution is -0.136. The molecule has 0 aromatic heterocycles. The minimum Gasteiger partial charge on any atom is -0.481 e. The molecule has 3 N–H and O–H groups in total. The molecule has 1 fully saturated rings. The number of ether oxygens (including phenoxy) is 1. The van der Waals surface area contributed by atoms with E-state index in [-0.39, 0.29) is 18.0 Å². The summed E-state index contributed by atoms with van der Waals surface area (Å²) in [7, 11) is 0. The molecule has 1 aromatic carbocycles. The molecule has 0 atom stereocenters. The van der Waals surface area contributed by atoms with Crippen LogP contribution < -0.4 is 14.9 Å². The zero-order valence-corrected chi connectivity index (χ0v) is 21.6. The maximum atomic E-state index is 12.9. The van der Waals surface area contributed by atoms with Gasteiger partial charge in [0.2, 0.25) is 0 Å². The van der Waals surface area contributed by atoms with Gasteiger partial charge in [0, 0.05) is 45.1 Å². The van der Waals surface area contributed by atoms with Crippen molar-refractivity contribution in [2.75, 3.05) is 35.9 Å². The molecular weight excluding hydrogens is 530 g/mol. The van der Waals surface area contributed by atoms with E-state index < -0.39 is 5.97 Å². The SMILES string of the molecule is C=C/C(Br)=C\C=C(/CC(=O)O)NC(=O)C1=CC(SNc2ccc(N3CCOCC3)cc2)=CC=CC1. The van der Waals surface area contributed by atoms with Crippen LogP contribution >= 0.6 is 27.9 Å². The van der Waals surface area contributed by atoms with Crippen molar-refractivity contribution < 1.29 is 19.4 Å². The number of hydrogen-bond donors (Lipinski definition) is 3. The number of benzene rings is 1. The molecule has 1 saturated heterocycles. The topological polar surface area (TPSA) is 90.9 Å². The molecule has 1 amide bonds. The summed E-state index contributed by atoms with van der Waals surface area (Å²) >= 11 is 4.69. The Bertz CT molecular complexity index is 1080. The number of allylic oxidation sites excluding steroid dienone is 8. The first kappa shape index (κ1) is 26.6. The van der Waals surface area contributed by atoms with Crippen LogP contribution in [0.3, 0.4) is 0 Å². The maximum Gasteiger partial charge on any atom is 0.309 e. The van der Waals surface area contributed by atoms with Crippen LogP contribution in [0.1, 0.15) is 12.8 Å². The van der Waals surface area contributed by atoms with E-state index in [4.69, 9.17) is 4.74 Å². The number of carbonyl (C=O) groups excluding carboxylic acids is 1. The number of carboxylic acid groups (broad SMARTS) is 1. The number of rotatable bonds is 10. The number of anilines is 2. The van der Waals surface area contributed by atoms with Gasteiger partial charge >= 0.3 is 5.97 Å². The van der Waals surface area contributed by atoms with Gasteiger partial charge in [0.15, 0.2) is 0 Å². The molecule has 0 saturated carbocycles. The number of hydrogen-bond acceptors (Lipinski definition) is 6. The third kappa shape index (κ3) is 8.93. The number of nitrogens with zero attached hydrogens (tertiary/aromatic N) is 1. The molecule has 3 rings (SSSR count). The Morgan fingerprint density at radius 1 is 1.20 bits per heavy atom. The minimum atomic E-state index is -1.03. The highest BCUT2D eigenvalue weighted by Crippen LogP contribution is 2.26. The molecule has 0 spiro atoms. The Balaban J connectivity index is 1.63. The van der Waals surface area contributed by atoms with Gasteiger partial charge in [-0.15, -0.1) is 0 Å². The molecule has 1 aliphatic carbocycles. The quantitative estimate of drug-likeness (QED) is 0.266. The van der Waals surface area contributed by atoms with Crippen LogP contribution in [0.15, 0.2) is 94.0 Å². The van der Waals surface area contributed by atoms with Gasteiger partial charge in [-0.3, -0.25) is 9.59 Å². The molecule has 1 heterocycles. The fourth-order valence-corrected chi connectivity index (χ4v) is 4.17. The van der Waals surface area contributed by atoms with Crippen LogP contribution in [-0.2, 0) is 14.3 Å². The predicted molar refractivity (Wildman–Crippen MR) is 146 cm³/mol. The van der Waals surface area contributed by atoms with Crippen molar-refractivity contribution in [2.24, 2.45) is 0 Å². The molecule has 2 aliphatic rings. The number of morpholine rings is 1. The van der Waals surface area contributed by atoms with Gasteiger partial charge in [-0.2, -0.15) is 0 Å². The van der Waals surface area contributed by atoms with Gasteiger partial charge in [-0.1, -0.05) is 40.7 Å². The monoisotopic (exact) mass is 557 g/mol. The number of amides is 1. The molecule has 35 heavy (non-hydrogen) atoms. The molecule has 9 heteroatoms. The van der Waals surface area contributed by atoms with E-state index in [2.05, 4.69) is 49.6 Å². The first-order valence-electron chi connectivity index (χ1n) is 11.1. The van der Waals surface area contributed by atoms with Crippen molar-refractivity contribution in [3.63, 3.8) is 0 Å². The Hall–Kier alpha value is -3.01. The third-order valence-corrected chi connectivity index (χ3v) is 6.54. The largest absolute Gasteiger partial charge is 0.481 e. The lowest BCUT2D eigenvalue weighted by atomic mass is 10.1. The van der Waals surface area contributed by atoms with E-state index in [1.807, 2.05) is 36.4 Å². The van der Waals surface area contributed by atoms with Crippen LogP contribution in [0.4, 0.5) is 11.4 Å². The van der Waals surface area contributed by atoms with E-state index in [0.717, 1.165) is 36.9 Å². The molecule has 0 bridgehead atoms. The van der Waals surface area contributed by atoms with Crippen LogP contribution in [0.5, 0.6) is 0 Å². The van der Waals surface area contributed by atoms with Crippen molar-refractivity contribution in [3.8, 4) is 0 Å². The van der Waals surface area contributed by atoms with Crippen molar-refractivity contribution in [1.29, 1.82) is 0 Å². The smallest absolute Gasteiger partial charge is 0.309 e. The van der Waals surface area contributed by atoms with Crippen LogP contribution in [0.2, 0.25) is 0 Å². The lowest BCUT2D eigenvalue weighted by Gasteiger charge is -2.28. The highest BCUT2D eigenvalue weighted by molar-refractivity contribution is 9.11. The molecular formula is C26H28BrN3O4S. The zero-order chi connectivity index (χ0) is 25.0. The van der Waals surface area contributed by atoms with Crippen LogP contribution in [-0.4, -0.2) is 43.3 Å². The molecule has 7 nitrogen and oxygen atoms in total. The fourth-order valence-electron chi connectivity index (χ4n) is 3.32. The minimum absolute atomic E-state index is 0.284. The maximum absolute atomic E-state index is 12.9. The first-order chi connectivity index (χ1) is 16.9. The van der Waals surface area contributed by atoms with Gasteiger partial charge in [-0.05, 0) is 66.9 Å².